The van der Waals surface area contributed by atoms with Crippen LogP contribution in [-0.4, -0.2) is 35.0 Å². The second-order valence-corrected chi connectivity index (χ2v) is 6.26. The fourth-order valence-electron chi connectivity index (χ4n) is 2.15. The average molecular weight is 299 g/mol. The molecule has 2 rings (SSSR count). The Hall–Kier alpha value is -1.40. The number of carbonyl (C=O) groups excluding carboxylic acids is 1. The Kier molecular flexibility index (Phi) is 4.15. The summed E-state index contributed by atoms with van der Waals surface area (Å²) in [5, 5.41) is 14.4. The number of ether oxygens (including phenoxy) is 1. The molecule has 2 N–H and O–H groups in total. The molecule has 1 fully saturated rings. The minimum absolute atomic E-state index is 0.326. The van der Waals surface area contributed by atoms with E-state index in [4.69, 9.17) is 16.3 Å². The van der Waals surface area contributed by atoms with Gasteiger partial charge in [-0.25, -0.2) is 4.79 Å². The SMILES string of the molecule is CC(C)(C)OC(=O)N[C@]1(c2ccc(Cl)nn2)CCNC1. The van der Waals surface area contributed by atoms with Crippen LogP contribution in [0.2, 0.25) is 5.15 Å². The van der Waals surface area contributed by atoms with Gasteiger partial charge in [-0.2, -0.15) is 5.10 Å². The van der Waals surface area contributed by atoms with Gasteiger partial charge < -0.3 is 15.4 Å². The summed E-state index contributed by atoms with van der Waals surface area (Å²) in [5.74, 6) is 0. The van der Waals surface area contributed by atoms with Crippen LogP contribution in [0, 0.1) is 0 Å². The third kappa shape index (κ3) is 3.58. The Morgan fingerprint density at radius 3 is 2.70 bits per heavy atom. The zero-order valence-electron chi connectivity index (χ0n) is 11.9. The van der Waals surface area contributed by atoms with Crippen LogP contribution in [0.3, 0.4) is 0 Å². The summed E-state index contributed by atoms with van der Waals surface area (Å²) in [5.41, 5.74) is -0.458. The number of carbonyl (C=O) groups is 1. The molecule has 1 aliphatic heterocycles. The summed E-state index contributed by atoms with van der Waals surface area (Å²) >= 11 is 5.76. The van der Waals surface area contributed by atoms with Crippen LogP contribution in [0.1, 0.15) is 32.9 Å². The highest BCUT2D eigenvalue weighted by Crippen LogP contribution is 2.27. The van der Waals surface area contributed by atoms with Crippen molar-refractivity contribution in [1.29, 1.82) is 0 Å². The van der Waals surface area contributed by atoms with Crippen LogP contribution in [0.15, 0.2) is 12.1 Å². The van der Waals surface area contributed by atoms with E-state index in [1.54, 1.807) is 12.1 Å². The molecule has 0 unspecified atom stereocenters. The van der Waals surface area contributed by atoms with Gasteiger partial charge in [0.2, 0.25) is 0 Å². The van der Waals surface area contributed by atoms with Crippen LogP contribution in [0.4, 0.5) is 4.79 Å². The van der Waals surface area contributed by atoms with Crippen LogP contribution in [0.5, 0.6) is 0 Å². The Morgan fingerprint density at radius 1 is 1.45 bits per heavy atom. The first kappa shape index (κ1) is 15.0. The van der Waals surface area contributed by atoms with Crippen molar-refractivity contribution in [3.05, 3.63) is 23.0 Å². The van der Waals surface area contributed by atoms with Gasteiger partial charge in [0.05, 0.1) is 5.69 Å². The molecule has 1 aromatic heterocycles. The number of alkyl carbamates (subject to hydrolysis) is 1. The monoisotopic (exact) mass is 298 g/mol. The van der Waals surface area contributed by atoms with E-state index in [0.29, 0.717) is 17.4 Å². The zero-order chi connectivity index (χ0) is 14.8. The summed E-state index contributed by atoms with van der Waals surface area (Å²) in [7, 11) is 0. The van der Waals surface area contributed by atoms with E-state index in [-0.39, 0.29) is 0 Å². The number of amides is 1. The van der Waals surface area contributed by atoms with Crippen LogP contribution >= 0.6 is 11.6 Å². The largest absolute Gasteiger partial charge is 0.444 e. The number of aromatic nitrogens is 2. The maximum atomic E-state index is 12.0. The number of hydrogen-bond donors (Lipinski definition) is 2. The van der Waals surface area contributed by atoms with Gasteiger partial charge in [-0.1, -0.05) is 11.6 Å². The summed E-state index contributed by atoms with van der Waals surface area (Å²) in [6.07, 6.45) is 0.265. The predicted molar refractivity (Wildman–Crippen MR) is 75.6 cm³/mol. The molecular weight excluding hydrogens is 280 g/mol. The Bertz CT molecular complexity index is 478. The standard InChI is InChI=1S/C13H19ClN4O2/c1-12(2,3)20-11(19)16-13(6-7-15-8-13)9-4-5-10(14)18-17-9/h4-5,15H,6-8H2,1-3H3,(H,16,19)/t13-/m1/s1. The van der Waals surface area contributed by atoms with Crippen molar-refractivity contribution in [2.75, 3.05) is 13.1 Å². The lowest BCUT2D eigenvalue weighted by molar-refractivity contribution is 0.0458. The summed E-state index contributed by atoms with van der Waals surface area (Å²) in [6.45, 7) is 6.86. The van der Waals surface area contributed by atoms with Gasteiger partial charge >= 0.3 is 6.09 Å². The summed E-state index contributed by atoms with van der Waals surface area (Å²) in [4.78, 5) is 12.0. The number of nitrogens with one attached hydrogen (secondary N) is 2. The molecule has 2 heterocycles. The molecule has 0 spiro atoms. The second-order valence-electron chi connectivity index (χ2n) is 5.88. The van der Waals surface area contributed by atoms with Gasteiger partial charge in [0.1, 0.15) is 11.1 Å². The van der Waals surface area contributed by atoms with Gasteiger partial charge in [0, 0.05) is 6.54 Å². The number of hydrogen-bond acceptors (Lipinski definition) is 5. The van der Waals surface area contributed by atoms with Crippen molar-refractivity contribution in [3.63, 3.8) is 0 Å². The molecule has 7 heteroatoms. The smallest absolute Gasteiger partial charge is 0.408 e. The Balaban J connectivity index is 2.18. The average Bonchev–Trinajstić information content (AvgIpc) is 2.76. The minimum Gasteiger partial charge on any atom is -0.444 e. The van der Waals surface area contributed by atoms with E-state index in [0.717, 1.165) is 13.0 Å². The lowest BCUT2D eigenvalue weighted by Crippen LogP contribution is -2.49. The van der Waals surface area contributed by atoms with Gasteiger partial charge in [-0.05, 0) is 45.9 Å². The molecule has 6 nitrogen and oxygen atoms in total. The van der Waals surface area contributed by atoms with E-state index < -0.39 is 17.2 Å². The van der Waals surface area contributed by atoms with Crippen molar-refractivity contribution in [2.45, 2.75) is 38.3 Å². The van der Waals surface area contributed by atoms with Gasteiger partial charge in [0.25, 0.3) is 0 Å². The molecule has 1 aromatic rings. The maximum absolute atomic E-state index is 12.0. The Morgan fingerprint density at radius 2 is 2.20 bits per heavy atom. The first-order valence-corrected chi connectivity index (χ1v) is 6.90. The summed E-state index contributed by atoms with van der Waals surface area (Å²) in [6, 6.07) is 3.44. The molecule has 20 heavy (non-hydrogen) atoms. The topological polar surface area (TPSA) is 76.1 Å². The molecule has 0 aromatic carbocycles. The van der Waals surface area contributed by atoms with E-state index in [2.05, 4.69) is 20.8 Å². The van der Waals surface area contributed by atoms with Gasteiger partial charge in [-0.3, -0.25) is 0 Å². The predicted octanol–water partition coefficient (Wildman–Crippen LogP) is 1.84. The third-order valence-corrected chi connectivity index (χ3v) is 3.22. The second kappa shape index (κ2) is 5.54. The molecule has 1 amide bonds. The normalized spacial score (nSPS) is 22.6. The van der Waals surface area contributed by atoms with Gasteiger partial charge in [0.15, 0.2) is 5.15 Å². The quantitative estimate of drug-likeness (QED) is 0.871. The molecule has 0 bridgehead atoms. The van der Waals surface area contributed by atoms with E-state index in [9.17, 15) is 4.79 Å². The highest BCUT2D eigenvalue weighted by Gasteiger charge is 2.40. The molecular formula is C13H19ClN4O2. The van der Waals surface area contributed by atoms with Crippen molar-refractivity contribution in [3.8, 4) is 0 Å². The molecule has 1 atom stereocenters. The van der Waals surface area contributed by atoms with Crippen molar-refractivity contribution in [2.24, 2.45) is 0 Å². The molecule has 1 saturated heterocycles. The molecule has 0 aliphatic carbocycles. The number of rotatable bonds is 2. The van der Waals surface area contributed by atoms with Gasteiger partial charge in [-0.15, -0.1) is 5.10 Å². The van der Waals surface area contributed by atoms with E-state index in [1.165, 1.54) is 0 Å². The fourth-order valence-corrected chi connectivity index (χ4v) is 2.25. The van der Waals surface area contributed by atoms with Crippen LogP contribution in [0.25, 0.3) is 0 Å². The van der Waals surface area contributed by atoms with Crippen LogP contribution in [-0.2, 0) is 10.3 Å². The van der Waals surface area contributed by atoms with Crippen molar-refractivity contribution in [1.82, 2.24) is 20.8 Å². The fraction of sp³-hybridized carbons (Fsp3) is 0.615. The highest BCUT2D eigenvalue weighted by molar-refractivity contribution is 6.29. The summed E-state index contributed by atoms with van der Waals surface area (Å²) < 4.78 is 5.32. The molecule has 110 valence electrons. The first-order chi connectivity index (χ1) is 9.31. The zero-order valence-corrected chi connectivity index (χ0v) is 12.6. The van der Waals surface area contributed by atoms with E-state index in [1.807, 2.05) is 20.8 Å². The van der Waals surface area contributed by atoms with Crippen molar-refractivity contribution >= 4 is 17.7 Å². The highest BCUT2D eigenvalue weighted by atomic mass is 35.5. The lowest BCUT2D eigenvalue weighted by Gasteiger charge is -2.30. The minimum atomic E-state index is -0.597. The lowest BCUT2D eigenvalue weighted by atomic mass is 9.94. The van der Waals surface area contributed by atoms with E-state index >= 15 is 0 Å². The molecule has 0 saturated carbocycles. The molecule has 1 aliphatic rings. The first-order valence-electron chi connectivity index (χ1n) is 6.52. The Labute approximate surface area is 123 Å². The van der Waals surface area contributed by atoms with Crippen molar-refractivity contribution < 1.29 is 9.53 Å². The maximum Gasteiger partial charge on any atom is 0.408 e. The number of nitrogens with zero attached hydrogens (tertiary/aromatic N) is 2. The number of halogens is 1. The van der Waals surface area contributed by atoms with Crippen LogP contribution < -0.4 is 10.6 Å². The molecule has 0 radical (unpaired) electrons. The third-order valence-electron chi connectivity index (χ3n) is 3.02.